The smallest absolute Gasteiger partial charge is 0.242 e. The summed E-state index contributed by atoms with van der Waals surface area (Å²) >= 11 is 0. The van der Waals surface area contributed by atoms with Gasteiger partial charge in [-0.3, -0.25) is 19.3 Å². The van der Waals surface area contributed by atoms with Crippen molar-refractivity contribution in [1.82, 2.24) is 20.4 Å². The summed E-state index contributed by atoms with van der Waals surface area (Å²) in [5, 5.41) is 27.8. The number of aliphatic hydroxyl groups is 2. The molecule has 0 radical (unpaired) electrons. The van der Waals surface area contributed by atoms with Gasteiger partial charge in [-0.15, -0.1) is 24.7 Å². The predicted molar refractivity (Wildman–Crippen MR) is 189 cm³/mol. The highest BCUT2D eigenvalue weighted by Crippen LogP contribution is 2.29. The van der Waals surface area contributed by atoms with E-state index in [1.807, 2.05) is 30.3 Å². The molecule has 5 atom stereocenters. The molecule has 4 unspecified atom stereocenters. The van der Waals surface area contributed by atoms with Crippen molar-refractivity contribution in [2.45, 2.75) is 108 Å². The van der Waals surface area contributed by atoms with Crippen LogP contribution in [0.15, 0.2) is 30.3 Å². The van der Waals surface area contributed by atoms with Crippen molar-refractivity contribution in [3.8, 4) is 24.7 Å². The third-order valence-electron chi connectivity index (χ3n) is 9.04. The van der Waals surface area contributed by atoms with Crippen LogP contribution in [0.2, 0.25) is 0 Å². The highest BCUT2D eigenvalue weighted by Gasteiger charge is 2.34. The molecule has 1 aliphatic rings. The first-order valence-corrected chi connectivity index (χ1v) is 17.5. The molecule has 0 heterocycles. The molecule has 0 spiro atoms. The van der Waals surface area contributed by atoms with Crippen molar-refractivity contribution < 1.29 is 37.8 Å². The van der Waals surface area contributed by atoms with Crippen molar-refractivity contribution in [2.75, 3.05) is 40.9 Å². The van der Waals surface area contributed by atoms with Gasteiger partial charge in [-0.1, -0.05) is 62.4 Å². The Bertz CT molecular complexity index is 1190. The Morgan fingerprint density at radius 3 is 2.16 bits per heavy atom. The van der Waals surface area contributed by atoms with Gasteiger partial charge in [0.05, 0.1) is 24.2 Å². The number of rotatable bonds is 21. The van der Waals surface area contributed by atoms with Gasteiger partial charge in [-0.2, -0.15) is 0 Å². The SMILES string of the molecule is C#CCCCC(O)C(O)C(CC1CCCCC1)NC(=O)[C@H](CCC#C)NC(=O)C(CC(=O)N(C)CCN(C)CF)Cc1ccccc1.FCF. The van der Waals surface area contributed by atoms with Gasteiger partial charge in [0.25, 0.3) is 0 Å². The molecule has 0 aromatic heterocycles. The zero-order chi connectivity index (χ0) is 37.3. The Kier molecular flexibility index (Phi) is 23.3. The molecule has 4 N–H and O–H groups in total. The Morgan fingerprint density at radius 2 is 1.56 bits per heavy atom. The zero-order valence-corrected chi connectivity index (χ0v) is 29.7. The molecular formula is C38H57F3N4O5. The minimum absolute atomic E-state index is 0.104. The van der Waals surface area contributed by atoms with Crippen LogP contribution >= 0.6 is 0 Å². The first kappa shape index (κ1) is 44.4. The molecule has 2 rings (SSSR count). The molecule has 0 bridgehead atoms. The number of hydrogen-bond donors (Lipinski definition) is 4. The maximum atomic E-state index is 13.8. The molecule has 1 aromatic carbocycles. The topological polar surface area (TPSA) is 122 Å². The number of hydrogen-bond acceptors (Lipinski definition) is 6. The summed E-state index contributed by atoms with van der Waals surface area (Å²) < 4.78 is 32.2. The molecule has 3 amide bonds. The summed E-state index contributed by atoms with van der Waals surface area (Å²) in [5.74, 6) is 3.35. The summed E-state index contributed by atoms with van der Waals surface area (Å²) in [6, 6.07) is 7.58. The van der Waals surface area contributed by atoms with Gasteiger partial charge in [-0.05, 0) is 50.6 Å². The number of alkyl halides is 3. The van der Waals surface area contributed by atoms with Crippen molar-refractivity contribution in [1.29, 1.82) is 0 Å². The second-order valence-corrected chi connectivity index (χ2v) is 13.0. The van der Waals surface area contributed by atoms with Crippen molar-refractivity contribution in [3.63, 3.8) is 0 Å². The number of benzene rings is 1. The van der Waals surface area contributed by atoms with Crippen LogP contribution in [0, 0.1) is 36.5 Å². The van der Waals surface area contributed by atoms with E-state index in [4.69, 9.17) is 12.8 Å². The molecule has 0 aliphatic heterocycles. The summed E-state index contributed by atoms with van der Waals surface area (Å²) in [7, 11) is 3.23. The second-order valence-electron chi connectivity index (χ2n) is 13.0. The van der Waals surface area contributed by atoms with Crippen LogP contribution in [0.4, 0.5) is 13.2 Å². The van der Waals surface area contributed by atoms with Crippen LogP contribution in [0.5, 0.6) is 0 Å². The number of nitrogens with zero attached hydrogens (tertiary/aromatic N) is 2. The minimum Gasteiger partial charge on any atom is -0.390 e. The van der Waals surface area contributed by atoms with Crippen LogP contribution in [0.3, 0.4) is 0 Å². The van der Waals surface area contributed by atoms with Crippen molar-refractivity contribution in [3.05, 3.63) is 35.9 Å². The van der Waals surface area contributed by atoms with E-state index < -0.39 is 55.8 Å². The number of likely N-dealkylation sites (N-methyl/N-ethyl adjacent to an activating group) is 2. The van der Waals surface area contributed by atoms with E-state index in [2.05, 4.69) is 22.5 Å². The number of carbonyl (C=O) groups excluding carboxylic acids is 3. The number of terminal acetylenes is 2. The summed E-state index contributed by atoms with van der Waals surface area (Å²) in [6.07, 6.45) is 16.3. The minimum atomic E-state index is -1.75. The number of aliphatic hydroxyl groups excluding tert-OH is 2. The van der Waals surface area contributed by atoms with Gasteiger partial charge < -0.3 is 25.7 Å². The standard InChI is InChI=1S/C37H55FN4O5.CH2F2/c1-5-7-11-21-33(43)35(45)32(25-29-18-14-10-15-19-29)40-37(47)31(20-8-6-2)39-36(46)30(24-28-16-12-9-13-17-28)26-34(44)42(4)23-22-41(3)27-38;2-1-3/h1-2,9,12-13,16-17,29-33,35,43,45H,7-8,10-11,14-15,18-27H2,3-4H3,(H,39,46)(H,40,47);1H2/t30?,31-,32?,33?,35?;/m0./s1. The number of unbranched alkanes of at least 4 members (excludes halogenated alkanes) is 1. The molecule has 0 saturated heterocycles. The largest absolute Gasteiger partial charge is 0.390 e. The van der Waals surface area contributed by atoms with E-state index in [9.17, 15) is 37.8 Å². The number of amides is 3. The van der Waals surface area contributed by atoms with E-state index in [1.54, 1.807) is 14.1 Å². The van der Waals surface area contributed by atoms with E-state index in [1.165, 1.54) is 9.80 Å². The maximum absolute atomic E-state index is 13.8. The Labute approximate surface area is 296 Å². The number of halogens is 3. The Hall–Kier alpha value is -3.58. The highest BCUT2D eigenvalue weighted by atomic mass is 19.3. The second kappa shape index (κ2) is 26.3. The lowest BCUT2D eigenvalue weighted by Crippen LogP contribution is -2.56. The van der Waals surface area contributed by atoms with Crippen LogP contribution in [0.1, 0.15) is 82.6 Å². The lowest BCUT2D eigenvalue weighted by atomic mass is 9.82. The quantitative estimate of drug-likeness (QED) is 0.0860. The van der Waals surface area contributed by atoms with Crippen molar-refractivity contribution >= 4 is 17.7 Å². The predicted octanol–water partition coefficient (Wildman–Crippen LogP) is 4.31. The molecule has 280 valence electrons. The molecule has 50 heavy (non-hydrogen) atoms. The van der Waals surface area contributed by atoms with Crippen molar-refractivity contribution in [2.24, 2.45) is 11.8 Å². The first-order chi connectivity index (χ1) is 24.0. The monoisotopic (exact) mass is 706 g/mol. The van der Waals surface area contributed by atoms with Gasteiger partial charge in [0.15, 0.2) is 0 Å². The number of carbonyl (C=O) groups is 3. The third-order valence-corrected chi connectivity index (χ3v) is 9.04. The third kappa shape index (κ3) is 17.9. The van der Waals surface area contributed by atoms with E-state index >= 15 is 0 Å². The van der Waals surface area contributed by atoms with Gasteiger partial charge in [-0.25, -0.2) is 13.2 Å². The first-order valence-electron chi connectivity index (χ1n) is 17.5. The van der Waals surface area contributed by atoms with Gasteiger partial charge in [0.1, 0.15) is 12.8 Å². The fourth-order valence-corrected chi connectivity index (χ4v) is 6.02. The summed E-state index contributed by atoms with van der Waals surface area (Å²) in [6.45, 7) is -1.74. The van der Waals surface area contributed by atoms with Gasteiger partial charge >= 0.3 is 0 Å². The Balaban J connectivity index is 0.00000401. The average molecular weight is 707 g/mol. The molecule has 1 saturated carbocycles. The molecule has 1 aromatic rings. The van der Waals surface area contributed by atoms with Gasteiger partial charge in [0.2, 0.25) is 24.6 Å². The van der Waals surface area contributed by atoms with E-state index in [-0.39, 0.29) is 31.6 Å². The average Bonchev–Trinajstić information content (AvgIpc) is 3.12. The highest BCUT2D eigenvalue weighted by molar-refractivity contribution is 5.91. The molecule has 9 nitrogen and oxygen atoms in total. The van der Waals surface area contributed by atoms with Crippen LogP contribution in [-0.2, 0) is 20.8 Å². The molecule has 1 fully saturated rings. The fraction of sp³-hybridized carbons (Fsp3) is 0.658. The lowest BCUT2D eigenvalue weighted by molar-refractivity contribution is -0.137. The Morgan fingerprint density at radius 1 is 0.920 bits per heavy atom. The normalized spacial score (nSPS) is 16.0. The molecule has 1 aliphatic carbocycles. The van der Waals surface area contributed by atoms with E-state index in [0.717, 1.165) is 37.7 Å². The zero-order valence-electron chi connectivity index (χ0n) is 29.7. The number of nitrogens with one attached hydrogen (secondary N) is 2. The maximum Gasteiger partial charge on any atom is 0.242 e. The van der Waals surface area contributed by atoms with Crippen LogP contribution in [-0.4, -0.2) is 103 Å². The fourth-order valence-electron chi connectivity index (χ4n) is 6.02. The van der Waals surface area contributed by atoms with Crippen LogP contribution in [0.25, 0.3) is 0 Å². The summed E-state index contributed by atoms with van der Waals surface area (Å²) in [5.41, 5.74) is 0.861. The molecular weight excluding hydrogens is 649 g/mol. The van der Waals surface area contributed by atoms with Crippen LogP contribution < -0.4 is 10.6 Å². The molecule has 12 heteroatoms. The van der Waals surface area contributed by atoms with Gasteiger partial charge in [0, 0.05) is 39.4 Å². The lowest BCUT2D eigenvalue weighted by Gasteiger charge is -2.33. The van der Waals surface area contributed by atoms with E-state index in [0.29, 0.717) is 44.7 Å². The summed E-state index contributed by atoms with van der Waals surface area (Å²) in [4.78, 5) is 43.7.